The van der Waals surface area contributed by atoms with Crippen LogP contribution in [-0.4, -0.2) is 59.7 Å². The molecule has 150 valence electrons. The molecule has 3 aliphatic heterocycles. The number of carbonyl (C=O) groups excluding carboxylic acids is 3. The van der Waals surface area contributed by atoms with Crippen molar-refractivity contribution in [2.75, 3.05) is 20.1 Å². The standard InChI is InChI=1S/C21H28N4O3/c1-21(2)12-22-9-17(21)24(3)10-13-5-4-6-14-15(13)11-25(20(14)28)16-7-8-18(26)23-19(16)27/h4-6,16-17,22H,7-12H2,1-3H3,(H,23,26,27). The van der Waals surface area contributed by atoms with Gasteiger partial charge in [-0.3, -0.25) is 24.6 Å². The fourth-order valence-electron chi connectivity index (χ4n) is 4.85. The summed E-state index contributed by atoms with van der Waals surface area (Å²) in [6, 6.07) is 5.69. The van der Waals surface area contributed by atoms with Gasteiger partial charge in [0, 0.05) is 44.2 Å². The van der Waals surface area contributed by atoms with Crippen molar-refractivity contribution in [3.63, 3.8) is 0 Å². The monoisotopic (exact) mass is 384 g/mol. The molecule has 7 heteroatoms. The van der Waals surface area contributed by atoms with Gasteiger partial charge >= 0.3 is 0 Å². The van der Waals surface area contributed by atoms with Crippen molar-refractivity contribution >= 4 is 17.7 Å². The minimum absolute atomic E-state index is 0.114. The molecule has 0 spiro atoms. The largest absolute Gasteiger partial charge is 0.322 e. The number of carbonyl (C=O) groups is 3. The summed E-state index contributed by atoms with van der Waals surface area (Å²) >= 11 is 0. The zero-order valence-electron chi connectivity index (χ0n) is 16.7. The summed E-state index contributed by atoms with van der Waals surface area (Å²) in [7, 11) is 2.13. The number of rotatable bonds is 4. The highest BCUT2D eigenvalue weighted by Gasteiger charge is 2.41. The second-order valence-corrected chi connectivity index (χ2v) is 8.89. The van der Waals surface area contributed by atoms with Crippen molar-refractivity contribution in [3.8, 4) is 0 Å². The fourth-order valence-corrected chi connectivity index (χ4v) is 4.85. The lowest BCUT2D eigenvalue weighted by molar-refractivity contribution is -0.136. The first-order valence-corrected chi connectivity index (χ1v) is 9.94. The predicted molar refractivity (Wildman–Crippen MR) is 104 cm³/mol. The molecule has 2 saturated heterocycles. The number of hydrogen-bond acceptors (Lipinski definition) is 5. The first-order valence-electron chi connectivity index (χ1n) is 9.94. The topological polar surface area (TPSA) is 81.8 Å². The average molecular weight is 384 g/mol. The lowest BCUT2D eigenvalue weighted by Gasteiger charge is -2.34. The number of fused-ring (bicyclic) bond motifs is 1. The Morgan fingerprint density at radius 3 is 2.71 bits per heavy atom. The Balaban J connectivity index is 1.55. The van der Waals surface area contributed by atoms with Gasteiger partial charge in [-0.25, -0.2) is 0 Å². The Labute approximate surface area is 165 Å². The molecule has 1 aromatic carbocycles. The molecule has 0 saturated carbocycles. The van der Waals surface area contributed by atoms with Gasteiger partial charge in [-0.15, -0.1) is 0 Å². The van der Waals surface area contributed by atoms with Gasteiger partial charge in [-0.1, -0.05) is 26.0 Å². The molecule has 28 heavy (non-hydrogen) atoms. The zero-order chi connectivity index (χ0) is 20.1. The maximum absolute atomic E-state index is 13.0. The second-order valence-electron chi connectivity index (χ2n) is 8.89. The minimum atomic E-state index is -0.568. The molecule has 2 N–H and O–H groups in total. The van der Waals surface area contributed by atoms with Crippen LogP contribution in [-0.2, 0) is 22.7 Å². The molecule has 2 unspecified atom stereocenters. The maximum atomic E-state index is 13.0. The summed E-state index contributed by atoms with van der Waals surface area (Å²) in [5, 5.41) is 5.83. The number of amides is 3. The molecule has 4 rings (SSSR count). The van der Waals surface area contributed by atoms with E-state index in [9.17, 15) is 14.4 Å². The van der Waals surface area contributed by atoms with Crippen molar-refractivity contribution in [2.24, 2.45) is 5.41 Å². The normalized spacial score (nSPS) is 26.7. The van der Waals surface area contributed by atoms with Crippen molar-refractivity contribution in [1.82, 2.24) is 20.4 Å². The van der Waals surface area contributed by atoms with E-state index in [4.69, 9.17) is 0 Å². The highest BCUT2D eigenvalue weighted by Crippen LogP contribution is 2.32. The fraction of sp³-hybridized carbons (Fsp3) is 0.571. The Morgan fingerprint density at radius 2 is 2.04 bits per heavy atom. The molecule has 7 nitrogen and oxygen atoms in total. The highest BCUT2D eigenvalue weighted by atomic mass is 16.2. The summed E-state index contributed by atoms with van der Waals surface area (Å²) in [4.78, 5) is 40.6. The van der Waals surface area contributed by atoms with Gasteiger partial charge in [-0.2, -0.15) is 0 Å². The van der Waals surface area contributed by atoms with Crippen LogP contribution >= 0.6 is 0 Å². The first kappa shape index (κ1) is 19.1. The van der Waals surface area contributed by atoms with Gasteiger partial charge in [0.1, 0.15) is 6.04 Å². The second kappa shape index (κ2) is 6.97. The number of imide groups is 1. The van der Waals surface area contributed by atoms with Gasteiger partial charge in [0.15, 0.2) is 0 Å². The van der Waals surface area contributed by atoms with Gasteiger partial charge in [-0.05, 0) is 36.1 Å². The Kier molecular flexibility index (Phi) is 4.75. The Hall–Kier alpha value is -2.25. The molecule has 3 aliphatic rings. The number of piperidine rings is 1. The van der Waals surface area contributed by atoms with Crippen LogP contribution in [0.25, 0.3) is 0 Å². The van der Waals surface area contributed by atoms with Crippen LogP contribution in [0.3, 0.4) is 0 Å². The third-order valence-electron chi connectivity index (χ3n) is 6.45. The van der Waals surface area contributed by atoms with E-state index in [-0.39, 0.29) is 29.6 Å². The summed E-state index contributed by atoms with van der Waals surface area (Å²) in [5.74, 6) is -0.743. The number of nitrogens with zero attached hydrogens (tertiary/aromatic N) is 2. The third-order valence-corrected chi connectivity index (χ3v) is 6.45. The molecule has 2 fully saturated rings. The smallest absolute Gasteiger partial charge is 0.255 e. The lowest BCUT2D eigenvalue weighted by atomic mass is 9.86. The van der Waals surface area contributed by atoms with Crippen molar-refractivity contribution in [1.29, 1.82) is 0 Å². The maximum Gasteiger partial charge on any atom is 0.255 e. The number of hydrogen-bond donors (Lipinski definition) is 2. The van der Waals surface area contributed by atoms with E-state index < -0.39 is 6.04 Å². The van der Waals surface area contributed by atoms with Crippen molar-refractivity contribution in [3.05, 3.63) is 34.9 Å². The minimum Gasteiger partial charge on any atom is -0.322 e. The molecule has 3 heterocycles. The molecule has 0 aliphatic carbocycles. The van der Waals surface area contributed by atoms with E-state index in [1.165, 1.54) is 0 Å². The van der Waals surface area contributed by atoms with Crippen LogP contribution in [0.5, 0.6) is 0 Å². The molecule has 1 aromatic rings. The molecule has 0 bridgehead atoms. The van der Waals surface area contributed by atoms with Crippen LogP contribution in [0, 0.1) is 5.41 Å². The van der Waals surface area contributed by atoms with E-state index in [2.05, 4.69) is 42.5 Å². The van der Waals surface area contributed by atoms with Crippen molar-refractivity contribution in [2.45, 2.75) is 51.9 Å². The molecule has 0 aromatic heterocycles. The molecule has 2 atom stereocenters. The summed E-state index contributed by atoms with van der Waals surface area (Å²) in [6.07, 6.45) is 0.664. The van der Waals surface area contributed by atoms with Crippen LogP contribution < -0.4 is 10.6 Å². The van der Waals surface area contributed by atoms with Crippen LogP contribution in [0.4, 0.5) is 0 Å². The van der Waals surface area contributed by atoms with E-state index >= 15 is 0 Å². The molecular weight excluding hydrogens is 356 g/mol. The van der Waals surface area contributed by atoms with Gasteiger partial charge in [0.2, 0.25) is 11.8 Å². The number of nitrogens with one attached hydrogen (secondary N) is 2. The lowest BCUT2D eigenvalue weighted by Crippen LogP contribution is -2.52. The summed E-state index contributed by atoms with van der Waals surface area (Å²) in [5.41, 5.74) is 3.01. The summed E-state index contributed by atoms with van der Waals surface area (Å²) < 4.78 is 0. The third kappa shape index (κ3) is 3.22. The molecule has 0 radical (unpaired) electrons. The first-order chi connectivity index (χ1) is 13.3. The Bertz CT molecular complexity index is 835. The summed E-state index contributed by atoms with van der Waals surface area (Å²) in [6.45, 7) is 7.69. The number of benzene rings is 1. The number of likely N-dealkylation sites (N-methyl/N-ethyl adjacent to an activating group) is 1. The van der Waals surface area contributed by atoms with E-state index in [1.54, 1.807) is 4.90 Å². The van der Waals surface area contributed by atoms with Crippen LogP contribution in [0.2, 0.25) is 0 Å². The predicted octanol–water partition coefficient (Wildman–Crippen LogP) is 0.877. The molecule has 3 amide bonds. The zero-order valence-corrected chi connectivity index (χ0v) is 16.7. The van der Waals surface area contributed by atoms with Gasteiger partial charge < -0.3 is 10.2 Å². The van der Waals surface area contributed by atoms with Crippen LogP contribution in [0.1, 0.15) is 48.2 Å². The highest BCUT2D eigenvalue weighted by molar-refractivity contribution is 6.05. The van der Waals surface area contributed by atoms with E-state index in [1.807, 2.05) is 12.1 Å². The quantitative estimate of drug-likeness (QED) is 0.753. The van der Waals surface area contributed by atoms with E-state index in [0.717, 1.165) is 30.8 Å². The van der Waals surface area contributed by atoms with Gasteiger partial charge in [0.05, 0.1) is 0 Å². The average Bonchev–Trinajstić information content (AvgIpc) is 3.15. The molecular formula is C21H28N4O3. The van der Waals surface area contributed by atoms with E-state index in [0.29, 0.717) is 24.6 Å². The SMILES string of the molecule is CN(Cc1cccc2c1CN(C1CCC(=O)NC1=O)C2=O)C1CNCC1(C)C. The van der Waals surface area contributed by atoms with Crippen molar-refractivity contribution < 1.29 is 14.4 Å². The van der Waals surface area contributed by atoms with Crippen LogP contribution in [0.15, 0.2) is 18.2 Å². The Morgan fingerprint density at radius 1 is 1.25 bits per heavy atom. The van der Waals surface area contributed by atoms with Gasteiger partial charge in [0.25, 0.3) is 5.91 Å².